The van der Waals surface area contributed by atoms with E-state index in [9.17, 15) is 0 Å². The fraction of sp³-hybridized carbons (Fsp3) is 0. The Balaban J connectivity index is 2.99. The Kier molecular flexibility index (Phi) is 3.24. The van der Waals surface area contributed by atoms with Crippen molar-refractivity contribution < 1.29 is 0 Å². The minimum absolute atomic E-state index is 0.641. The van der Waals surface area contributed by atoms with Crippen molar-refractivity contribution >= 4 is 51.3 Å². The molecule has 0 atom stereocenters. The molecule has 0 amide bonds. The van der Waals surface area contributed by atoms with Gasteiger partial charge in [0.1, 0.15) is 0 Å². The summed E-state index contributed by atoms with van der Waals surface area (Å²) in [5.74, 6) is 0. The second-order valence-electron chi connectivity index (χ2n) is 1.86. The summed E-state index contributed by atoms with van der Waals surface area (Å²) in [7, 11) is 14.9. The summed E-state index contributed by atoms with van der Waals surface area (Å²) in [4.78, 5) is 0.701. The van der Waals surface area contributed by atoms with Crippen LogP contribution in [0.3, 0.4) is 0 Å². The first kappa shape index (κ1) is 9.82. The molecule has 0 heterocycles. The van der Waals surface area contributed by atoms with Crippen molar-refractivity contribution in [3.05, 3.63) is 29.3 Å². The van der Waals surface area contributed by atoms with E-state index >= 15 is 0 Å². The van der Waals surface area contributed by atoms with Crippen molar-refractivity contribution in [1.82, 2.24) is 0 Å². The number of hydrogen-bond donors (Lipinski definition) is 0. The van der Waals surface area contributed by atoms with Crippen molar-refractivity contribution in [2.45, 2.75) is 4.90 Å². The van der Waals surface area contributed by atoms with Crippen LogP contribution in [-0.4, -0.2) is 0 Å². The molecule has 0 bridgehead atoms. The standard InChI is InChI=1S/C6H4Cl4S/c7-5-1-3-6(4-2-5)11(8,9)10/h1-4H. The Morgan fingerprint density at radius 3 is 1.73 bits per heavy atom. The third-order valence-corrected chi connectivity index (χ3v) is 3.74. The molecule has 0 unspecified atom stereocenters. The van der Waals surface area contributed by atoms with E-state index < -0.39 is 7.67 Å². The van der Waals surface area contributed by atoms with E-state index in [1.807, 2.05) is 0 Å². The van der Waals surface area contributed by atoms with Gasteiger partial charge in [-0.2, -0.15) is 0 Å². The average Bonchev–Trinajstić information content (AvgIpc) is 1.86. The quantitative estimate of drug-likeness (QED) is 0.660. The van der Waals surface area contributed by atoms with Gasteiger partial charge in [0, 0.05) is 17.6 Å². The van der Waals surface area contributed by atoms with E-state index in [0.29, 0.717) is 9.92 Å². The molecule has 0 N–H and O–H groups in total. The summed E-state index contributed by atoms with van der Waals surface area (Å²) in [6.45, 7) is 0. The molecule has 5 heteroatoms. The smallest absolute Gasteiger partial charge is 0.0406 e. The molecule has 0 saturated heterocycles. The molecule has 0 fully saturated rings. The minimum atomic E-state index is -2.16. The van der Waals surface area contributed by atoms with Crippen molar-refractivity contribution in [3.8, 4) is 0 Å². The summed E-state index contributed by atoms with van der Waals surface area (Å²) < 4.78 is 0. The topological polar surface area (TPSA) is 0 Å². The van der Waals surface area contributed by atoms with Crippen LogP contribution in [-0.2, 0) is 0 Å². The zero-order chi connectivity index (χ0) is 8.48. The lowest BCUT2D eigenvalue weighted by Gasteiger charge is -2.14. The Hall–Kier alpha value is 0.730. The van der Waals surface area contributed by atoms with E-state index in [0.717, 1.165) is 0 Å². The van der Waals surface area contributed by atoms with Gasteiger partial charge in [0.15, 0.2) is 0 Å². The summed E-state index contributed by atoms with van der Waals surface area (Å²) in [6, 6.07) is 6.83. The first-order chi connectivity index (χ1) is 5.00. The van der Waals surface area contributed by atoms with Crippen molar-refractivity contribution in [1.29, 1.82) is 0 Å². The maximum atomic E-state index is 5.68. The van der Waals surface area contributed by atoms with Crippen LogP contribution in [0.25, 0.3) is 0 Å². The third kappa shape index (κ3) is 2.92. The molecule has 0 aliphatic rings. The molecule has 62 valence electrons. The summed E-state index contributed by atoms with van der Waals surface area (Å²) >= 11 is 5.64. The number of benzene rings is 1. The molecule has 1 aromatic rings. The Morgan fingerprint density at radius 2 is 1.36 bits per heavy atom. The molecule has 0 saturated carbocycles. The van der Waals surface area contributed by atoms with Crippen LogP contribution in [0.2, 0.25) is 5.02 Å². The van der Waals surface area contributed by atoms with Gasteiger partial charge in [0.05, 0.1) is 0 Å². The molecule has 1 rings (SSSR count). The maximum Gasteiger partial charge on any atom is 0.0406 e. The first-order valence-corrected chi connectivity index (χ1v) is 7.17. The number of hydrogen-bond acceptors (Lipinski definition) is 0. The second-order valence-corrected chi connectivity index (χ2v) is 9.17. The molecule has 0 aromatic heterocycles. The van der Waals surface area contributed by atoms with E-state index in [-0.39, 0.29) is 0 Å². The second kappa shape index (κ2) is 3.63. The minimum Gasteiger partial charge on any atom is -0.0843 e. The van der Waals surface area contributed by atoms with E-state index in [2.05, 4.69) is 0 Å². The lowest BCUT2D eigenvalue weighted by atomic mass is 10.4. The molecule has 0 aliphatic carbocycles. The van der Waals surface area contributed by atoms with Crippen LogP contribution in [0.1, 0.15) is 0 Å². The fourth-order valence-corrected chi connectivity index (χ4v) is 2.09. The predicted octanol–water partition coefficient (Wildman–Crippen LogP) is 4.96. The number of halogens is 4. The third-order valence-electron chi connectivity index (χ3n) is 1.08. The van der Waals surface area contributed by atoms with Gasteiger partial charge in [-0.25, -0.2) is 0 Å². The molecule has 11 heavy (non-hydrogen) atoms. The van der Waals surface area contributed by atoms with Gasteiger partial charge < -0.3 is 0 Å². The van der Waals surface area contributed by atoms with Gasteiger partial charge in [0.25, 0.3) is 0 Å². The van der Waals surface area contributed by atoms with Crippen molar-refractivity contribution in [2.75, 3.05) is 0 Å². The van der Waals surface area contributed by atoms with Gasteiger partial charge in [0.2, 0.25) is 0 Å². The van der Waals surface area contributed by atoms with Gasteiger partial charge in [-0.05, 0) is 56.3 Å². The van der Waals surface area contributed by atoms with Crippen LogP contribution in [0.5, 0.6) is 0 Å². The summed E-state index contributed by atoms with van der Waals surface area (Å²) in [5.41, 5.74) is 0. The van der Waals surface area contributed by atoms with Gasteiger partial charge in [-0.1, -0.05) is 11.6 Å². The SMILES string of the molecule is Clc1ccc(S(Cl)(Cl)Cl)cc1. The predicted molar refractivity (Wildman–Crippen MR) is 54.9 cm³/mol. The monoisotopic (exact) mass is 248 g/mol. The molecular weight excluding hydrogens is 246 g/mol. The zero-order valence-corrected chi connectivity index (χ0v) is 9.07. The molecule has 1 aromatic carbocycles. The van der Waals surface area contributed by atoms with Crippen LogP contribution in [0, 0.1) is 0 Å². The molecule has 0 radical (unpaired) electrons. The molecule has 0 nitrogen and oxygen atoms in total. The molecule has 0 spiro atoms. The highest BCUT2D eigenvalue weighted by Gasteiger charge is 2.15. The molecular formula is C6H4Cl4S. The Labute approximate surface area is 85.2 Å². The highest BCUT2D eigenvalue weighted by atomic mass is 36.2. The Bertz CT molecular complexity index is 238. The highest BCUT2D eigenvalue weighted by Crippen LogP contribution is 2.69. The highest BCUT2D eigenvalue weighted by molar-refractivity contribution is 8.79. The van der Waals surface area contributed by atoms with Crippen molar-refractivity contribution in [2.24, 2.45) is 0 Å². The lowest BCUT2D eigenvalue weighted by molar-refractivity contribution is 1.47. The van der Waals surface area contributed by atoms with Crippen molar-refractivity contribution in [3.63, 3.8) is 0 Å². The zero-order valence-electron chi connectivity index (χ0n) is 5.23. The first-order valence-electron chi connectivity index (χ1n) is 2.68. The Morgan fingerprint density at radius 1 is 0.909 bits per heavy atom. The van der Waals surface area contributed by atoms with Crippen LogP contribution < -0.4 is 0 Å². The summed E-state index contributed by atoms with van der Waals surface area (Å²) in [6.07, 6.45) is 0. The average molecular weight is 250 g/mol. The van der Waals surface area contributed by atoms with Crippen LogP contribution in [0.15, 0.2) is 29.2 Å². The normalized spacial score (nSPS) is 13.1. The summed E-state index contributed by atoms with van der Waals surface area (Å²) in [5, 5.41) is 0.641. The molecule has 0 aliphatic heterocycles. The number of rotatable bonds is 1. The maximum absolute atomic E-state index is 5.68. The van der Waals surface area contributed by atoms with E-state index in [1.165, 1.54) is 0 Å². The van der Waals surface area contributed by atoms with Gasteiger partial charge >= 0.3 is 0 Å². The van der Waals surface area contributed by atoms with Crippen LogP contribution in [0.4, 0.5) is 0 Å². The van der Waals surface area contributed by atoms with Crippen LogP contribution >= 0.6 is 51.3 Å². The van der Waals surface area contributed by atoms with E-state index in [1.54, 1.807) is 24.3 Å². The fourth-order valence-electron chi connectivity index (χ4n) is 0.589. The lowest BCUT2D eigenvalue weighted by Crippen LogP contribution is -1.74. The van der Waals surface area contributed by atoms with Gasteiger partial charge in [-0.15, -0.1) is 0 Å². The largest absolute Gasteiger partial charge is 0.0843 e. The van der Waals surface area contributed by atoms with E-state index in [4.69, 9.17) is 43.6 Å². The van der Waals surface area contributed by atoms with Gasteiger partial charge in [-0.3, -0.25) is 0 Å².